The number of likely N-dealkylation sites (N-methyl/N-ethyl adjacent to an activating group) is 1. The fraction of sp³-hybridized carbons (Fsp3) is 0.895. The van der Waals surface area contributed by atoms with Crippen molar-refractivity contribution in [3.05, 3.63) is 0 Å². The molecule has 2 rings (SSSR count). The Labute approximate surface area is 164 Å². The van der Waals surface area contributed by atoms with Gasteiger partial charge in [0.2, 0.25) is 5.91 Å². The molecule has 1 saturated carbocycles. The van der Waals surface area contributed by atoms with Crippen molar-refractivity contribution in [2.75, 3.05) is 32.7 Å². The zero-order valence-electron chi connectivity index (χ0n) is 16.4. The van der Waals surface area contributed by atoms with Crippen molar-refractivity contribution in [2.24, 2.45) is 11.8 Å². The predicted octanol–water partition coefficient (Wildman–Crippen LogP) is 2.22. The Morgan fingerprint density at radius 2 is 1.81 bits per heavy atom. The van der Waals surface area contributed by atoms with Crippen molar-refractivity contribution >= 4 is 24.3 Å². The van der Waals surface area contributed by atoms with E-state index in [4.69, 9.17) is 5.11 Å². The number of nitrogens with one attached hydrogen (secondary N) is 1. The third kappa shape index (κ3) is 6.71. The second kappa shape index (κ2) is 11.1. The Balaban J connectivity index is 0.00000338. The van der Waals surface area contributed by atoms with Crippen LogP contribution >= 0.6 is 12.4 Å². The largest absolute Gasteiger partial charge is 0.480 e. The standard InChI is InChI=1S/C19H35N3O3.ClH/c1-4-22(13-19(24)25)16-8-10-21(11-9-16)12-18(23)20-17-7-5-6-14(2)15(17)3;/h14-17H,4-13H2,1-3H3,(H,20,23)(H,24,25);1H. The van der Waals surface area contributed by atoms with Crippen LogP contribution in [0.2, 0.25) is 0 Å². The number of carboxylic acid groups (broad SMARTS) is 1. The van der Waals surface area contributed by atoms with Gasteiger partial charge < -0.3 is 10.4 Å². The van der Waals surface area contributed by atoms with E-state index in [-0.39, 0.29) is 24.9 Å². The van der Waals surface area contributed by atoms with Gasteiger partial charge in [0.1, 0.15) is 0 Å². The van der Waals surface area contributed by atoms with Gasteiger partial charge in [-0.1, -0.05) is 33.6 Å². The highest BCUT2D eigenvalue weighted by Gasteiger charge is 2.29. The van der Waals surface area contributed by atoms with E-state index < -0.39 is 5.97 Å². The maximum Gasteiger partial charge on any atom is 0.317 e. The van der Waals surface area contributed by atoms with Crippen LogP contribution in [0.3, 0.4) is 0 Å². The van der Waals surface area contributed by atoms with Gasteiger partial charge in [-0.3, -0.25) is 19.4 Å². The van der Waals surface area contributed by atoms with Gasteiger partial charge in [-0.05, 0) is 37.6 Å². The summed E-state index contributed by atoms with van der Waals surface area (Å²) in [6, 6.07) is 0.638. The highest BCUT2D eigenvalue weighted by molar-refractivity contribution is 5.85. The van der Waals surface area contributed by atoms with Crippen LogP contribution in [0.15, 0.2) is 0 Å². The van der Waals surface area contributed by atoms with Gasteiger partial charge in [0.05, 0.1) is 13.1 Å². The van der Waals surface area contributed by atoms with Gasteiger partial charge in [-0.2, -0.15) is 0 Å². The van der Waals surface area contributed by atoms with Gasteiger partial charge >= 0.3 is 5.97 Å². The summed E-state index contributed by atoms with van der Waals surface area (Å²) >= 11 is 0. The summed E-state index contributed by atoms with van der Waals surface area (Å²) < 4.78 is 0. The molecule has 7 heteroatoms. The molecular formula is C19H36ClN3O3. The molecule has 0 radical (unpaired) electrons. The lowest BCUT2D eigenvalue weighted by molar-refractivity contribution is -0.139. The molecule has 2 aliphatic rings. The van der Waals surface area contributed by atoms with Crippen molar-refractivity contribution in [2.45, 2.75) is 65.0 Å². The maximum absolute atomic E-state index is 12.4. The number of nitrogens with zero attached hydrogens (tertiary/aromatic N) is 2. The molecular weight excluding hydrogens is 354 g/mol. The van der Waals surface area contributed by atoms with Gasteiger partial charge in [-0.25, -0.2) is 0 Å². The van der Waals surface area contributed by atoms with Crippen LogP contribution in [0.25, 0.3) is 0 Å². The molecule has 152 valence electrons. The smallest absolute Gasteiger partial charge is 0.317 e. The van der Waals surface area contributed by atoms with Gasteiger partial charge in [0.15, 0.2) is 0 Å². The lowest BCUT2D eigenvalue weighted by atomic mass is 9.78. The van der Waals surface area contributed by atoms with E-state index in [0.29, 0.717) is 30.5 Å². The predicted molar refractivity (Wildman–Crippen MR) is 106 cm³/mol. The first kappa shape index (κ1) is 23.2. The van der Waals surface area contributed by atoms with E-state index in [0.717, 1.165) is 38.9 Å². The maximum atomic E-state index is 12.4. The lowest BCUT2D eigenvalue weighted by Gasteiger charge is -2.38. The number of carbonyl (C=O) groups is 2. The molecule has 0 aromatic heterocycles. The summed E-state index contributed by atoms with van der Waals surface area (Å²) in [6.45, 7) is 9.61. The molecule has 2 fully saturated rings. The minimum Gasteiger partial charge on any atom is -0.480 e. The first-order valence-corrected chi connectivity index (χ1v) is 9.88. The number of piperidine rings is 1. The molecule has 3 atom stereocenters. The average Bonchev–Trinajstić information content (AvgIpc) is 2.57. The van der Waals surface area contributed by atoms with E-state index in [2.05, 4.69) is 24.1 Å². The Morgan fingerprint density at radius 3 is 2.38 bits per heavy atom. The first-order chi connectivity index (χ1) is 11.9. The molecule has 6 nitrogen and oxygen atoms in total. The zero-order chi connectivity index (χ0) is 18.4. The third-order valence-electron chi connectivity index (χ3n) is 6.24. The summed E-state index contributed by atoms with van der Waals surface area (Å²) in [7, 11) is 0. The van der Waals surface area contributed by atoms with Crippen molar-refractivity contribution < 1.29 is 14.7 Å². The Morgan fingerprint density at radius 1 is 1.15 bits per heavy atom. The molecule has 3 unspecified atom stereocenters. The number of rotatable bonds is 7. The highest BCUT2D eigenvalue weighted by atomic mass is 35.5. The fourth-order valence-electron chi connectivity index (χ4n) is 4.36. The number of carboxylic acids is 1. The van der Waals surface area contributed by atoms with Gasteiger partial charge in [0.25, 0.3) is 0 Å². The summed E-state index contributed by atoms with van der Waals surface area (Å²) in [6.07, 6.45) is 5.44. The molecule has 26 heavy (non-hydrogen) atoms. The van der Waals surface area contributed by atoms with Gasteiger partial charge in [-0.15, -0.1) is 12.4 Å². The van der Waals surface area contributed by atoms with E-state index >= 15 is 0 Å². The zero-order valence-corrected chi connectivity index (χ0v) is 17.3. The molecule has 0 spiro atoms. The van der Waals surface area contributed by atoms with Gasteiger partial charge in [0, 0.05) is 25.2 Å². The number of likely N-dealkylation sites (tertiary alicyclic amines) is 1. The van der Waals surface area contributed by atoms with Crippen molar-refractivity contribution in [1.82, 2.24) is 15.1 Å². The van der Waals surface area contributed by atoms with E-state index in [1.54, 1.807) is 0 Å². The van der Waals surface area contributed by atoms with E-state index in [1.165, 1.54) is 12.8 Å². The summed E-state index contributed by atoms with van der Waals surface area (Å²) in [4.78, 5) is 27.6. The summed E-state index contributed by atoms with van der Waals surface area (Å²) in [5.41, 5.74) is 0. The number of carbonyl (C=O) groups excluding carboxylic acids is 1. The minimum absolute atomic E-state index is 0. The number of amides is 1. The van der Waals surface area contributed by atoms with E-state index in [1.807, 2.05) is 11.8 Å². The van der Waals surface area contributed by atoms with Crippen LogP contribution in [-0.2, 0) is 9.59 Å². The minimum atomic E-state index is -0.764. The molecule has 1 heterocycles. The van der Waals surface area contributed by atoms with Crippen LogP contribution in [0.5, 0.6) is 0 Å². The Hall–Kier alpha value is -0.850. The molecule has 1 aliphatic carbocycles. The second-order valence-electron chi connectivity index (χ2n) is 7.91. The van der Waals surface area contributed by atoms with Crippen molar-refractivity contribution in [1.29, 1.82) is 0 Å². The lowest BCUT2D eigenvalue weighted by Crippen LogP contribution is -2.51. The molecule has 0 bridgehead atoms. The quantitative estimate of drug-likeness (QED) is 0.698. The number of halogens is 1. The van der Waals surface area contributed by atoms with Crippen LogP contribution < -0.4 is 5.32 Å². The van der Waals surface area contributed by atoms with Crippen LogP contribution in [-0.4, -0.2) is 71.6 Å². The molecule has 0 aromatic carbocycles. The molecule has 1 aliphatic heterocycles. The first-order valence-electron chi connectivity index (χ1n) is 9.88. The summed E-state index contributed by atoms with van der Waals surface area (Å²) in [5.74, 6) is 0.614. The Bertz CT molecular complexity index is 455. The van der Waals surface area contributed by atoms with Crippen molar-refractivity contribution in [3.63, 3.8) is 0 Å². The second-order valence-corrected chi connectivity index (χ2v) is 7.91. The van der Waals surface area contributed by atoms with Crippen LogP contribution in [0, 0.1) is 11.8 Å². The SMILES string of the molecule is CCN(CC(=O)O)C1CCN(CC(=O)NC2CCCC(C)C2C)CC1.Cl. The third-order valence-corrected chi connectivity index (χ3v) is 6.24. The molecule has 1 amide bonds. The van der Waals surface area contributed by atoms with E-state index in [9.17, 15) is 9.59 Å². The normalized spacial score (nSPS) is 27.8. The highest BCUT2D eigenvalue weighted by Crippen LogP contribution is 2.29. The fourth-order valence-corrected chi connectivity index (χ4v) is 4.36. The van der Waals surface area contributed by atoms with Crippen LogP contribution in [0.1, 0.15) is 52.9 Å². The number of hydrogen-bond acceptors (Lipinski definition) is 4. The molecule has 0 aromatic rings. The average molecular weight is 390 g/mol. The molecule has 2 N–H and O–H groups in total. The summed E-state index contributed by atoms with van der Waals surface area (Å²) in [5, 5.41) is 12.3. The molecule has 1 saturated heterocycles. The topological polar surface area (TPSA) is 72.9 Å². The number of aliphatic carboxylic acids is 1. The number of hydrogen-bond donors (Lipinski definition) is 2. The van der Waals surface area contributed by atoms with Crippen LogP contribution in [0.4, 0.5) is 0 Å². The van der Waals surface area contributed by atoms with Crippen molar-refractivity contribution in [3.8, 4) is 0 Å². The Kier molecular flexibility index (Phi) is 9.90. The monoisotopic (exact) mass is 389 g/mol.